The van der Waals surface area contributed by atoms with Crippen LogP contribution in [0.1, 0.15) is 18.9 Å². The van der Waals surface area contributed by atoms with E-state index in [9.17, 15) is 9.59 Å². The normalized spacial score (nSPS) is 36.6. The SMILES string of the molecule is CCOc1ccc(Cl)cc1/C=N\N1C(=O)[C@@H]2[C@@H]3C=C[C@H]([C@H]4C[C@@H]34)[C@@H]2C1=O. The highest BCUT2D eigenvalue weighted by molar-refractivity contribution is 6.31. The third kappa shape index (κ3) is 2.19. The van der Waals surface area contributed by atoms with Gasteiger partial charge in [-0.3, -0.25) is 9.59 Å². The zero-order chi connectivity index (χ0) is 18.0. The van der Waals surface area contributed by atoms with Crippen molar-refractivity contribution in [3.63, 3.8) is 0 Å². The number of nitrogens with zero attached hydrogens (tertiary/aromatic N) is 2. The van der Waals surface area contributed by atoms with Gasteiger partial charge in [-0.2, -0.15) is 10.1 Å². The zero-order valence-electron chi connectivity index (χ0n) is 14.3. The number of benzene rings is 1. The predicted molar refractivity (Wildman–Crippen MR) is 96.8 cm³/mol. The number of imide groups is 1. The molecule has 0 spiro atoms. The quantitative estimate of drug-likeness (QED) is 0.465. The fraction of sp³-hybridized carbons (Fsp3) is 0.450. The van der Waals surface area contributed by atoms with Gasteiger partial charge in [-0.25, -0.2) is 0 Å². The fourth-order valence-corrected chi connectivity index (χ4v) is 5.26. The number of amides is 2. The molecule has 1 heterocycles. The van der Waals surface area contributed by atoms with Crippen molar-refractivity contribution in [1.82, 2.24) is 5.01 Å². The predicted octanol–water partition coefficient (Wildman–Crippen LogP) is 3.13. The maximum Gasteiger partial charge on any atom is 0.254 e. The number of carbonyl (C=O) groups excluding carboxylic acids is 2. The average molecular weight is 371 g/mol. The minimum Gasteiger partial charge on any atom is -0.493 e. The van der Waals surface area contributed by atoms with E-state index < -0.39 is 0 Å². The molecule has 6 heteroatoms. The van der Waals surface area contributed by atoms with Gasteiger partial charge < -0.3 is 4.74 Å². The van der Waals surface area contributed by atoms with Crippen LogP contribution >= 0.6 is 11.6 Å². The third-order valence-electron chi connectivity index (χ3n) is 6.22. The lowest BCUT2D eigenvalue weighted by Crippen LogP contribution is -2.40. The molecular formula is C20H19ClN2O3. The minimum atomic E-state index is -0.232. The summed E-state index contributed by atoms with van der Waals surface area (Å²) >= 11 is 6.06. The molecule has 26 heavy (non-hydrogen) atoms. The Balaban J connectivity index is 1.44. The molecule has 1 aromatic rings. The van der Waals surface area contributed by atoms with Crippen LogP contribution in [0.4, 0.5) is 0 Å². The van der Waals surface area contributed by atoms with Gasteiger partial charge in [0, 0.05) is 10.6 Å². The first-order valence-electron chi connectivity index (χ1n) is 9.12. The Kier molecular flexibility index (Phi) is 3.51. The summed E-state index contributed by atoms with van der Waals surface area (Å²) in [6.07, 6.45) is 6.96. The monoisotopic (exact) mass is 370 g/mol. The van der Waals surface area contributed by atoms with E-state index in [2.05, 4.69) is 17.3 Å². The molecule has 0 unspecified atom stereocenters. The first kappa shape index (κ1) is 16.1. The van der Waals surface area contributed by atoms with Crippen molar-refractivity contribution < 1.29 is 14.3 Å². The van der Waals surface area contributed by atoms with Crippen LogP contribution in [0.5, 0.6) is 5.75 Å². The highest BCUT2D eigenvalue weighted by Crippen LogP contribution is 2.65. The Bertz CT molecular complexity index is 829. The summed E-state index contributed by atoms with van der Waals surface area (Å²) in [6.45, 7) is 2.40. The second kappa shape index (κ2) is 5.68. The standard InChI is InChI=1S/C20H19ClN2O3/c1-2-26-16-6-3-11(21)7-10(16)9-22-23-19(24)17-12-4-5-13(15-8-14(12)15)18(17)20(23)25/h3-7,9,12-15,17-18H,2,8H2,1H3/b22-9-/t12-,13-,14-,15+,17+,18-/m1/s1. The highest BCUT2D eigenvalue weighted by Gasteiger charge is 2.67. The minimum absolute atomic E-state index is 0.166. The molecule has 134 valence electrons. The molecule has 0 radical (unpaired) electrons. The highest BCUT2D eigenvalue weighted by atomic mass is 35.5. The van der Waals surface area contributed by atoms with Crippen molar-refractivity contribution >= 4 is 29.6 Å². The van der Waals surface area contributed by atoms with Gasteiger partial charge in [-0.05, 0) is 55.2 Å². The number of hydrogen-bond acceptors (Lipinski definition) is 4. The van der Waals surface area contributed by atoms with E-state index in [-0.39, 0.29) is 35.5 Å². The van der Waals surface area contributed by atoms with E-state index in [0.717, 1.165) is 11.4 Å². The number of hydrogen-bond donors (Lipinski definition) is 0. The second-order valence-electron chi connectivity index (χ2n) is 7.50. The van der Waals surface area contributed by atoms with Crippen LogP contribution in [-0.2, 0) is 9.59 Å². The smallest absolute Gasteiger partial charge is 0.254 e. The lowest BCUT2D eigenvalue weighted by Gasteiger charge is -2.37. The van der Waals surface area contributed by atoms with Crippen molar-refractivity contribution in [1.29, 1.82) is 0 Å². The molecular weight excluding hydrogens is 352 g/mol. The van der Waals surface area contributed by atoms with Crippen molar-refractivity contribution in [3.05, 3.63) is 40.9 Å². The Morgan fingerprint density at radius 1 is 1.19 bits per heavy atom. The maximum absolute atomic E-state index is 12.9. The Morgan fingerprint density at radius 3 is 2.46 bits per heavy atom. The zero-order valence-corrected chi connectivity index (χ0v) is 15.1. The summed E-state index contributed by atoms with van der Waals surface area (Å²) in [6, 6.07) is 5.22. The number of ether oxygens (including phenoxy) is 1. The van der Waals surface area contributed by atoms with E-state index in [1.54, 1.807) is 18.2 Å². The lowest BCUT2D eigenvalue weighted by atomic mass is 9.63. The van der Waals surface area contributed by atoms with Crippen LogP contribution in [0.25, 0.3) is 0 Å². The van der Waals surface area contributed by atoms with Crippen molar-refractivity contribution in [2.75, 3.05) is 6.61 Å². The van der Waals surface area contributed by atoms with Crippen LogP contribution in [0, 0.1) is 35.5 Å². The Labute approximate surface area is 156 Å². The maximum atomic E-state index is 12.9. The van der Waals surface area contributed by atoms with Crippen molar-refractivity contribution in [3.8, 4) is 5.75 Å². The number of carbonyl (C=O) groups is 2. The number of allylic oxidation sites excluding steroid dienone is 2. The van der Waals surface area contributed by atoms with E-state index in [1.165, 1.54) is 6.21 Å². The molecule has 2 saturated carbocycles. The topological polar surface area (TPSA) is 59.0 Å². The molecule has 6 atom stereocenters. The molecule has 2 amide bonds. The van der Waals surface area contributed by atoms with Gasteiger partial charge >= 0.3 is 0 Å². The number of rotatable bonds is 4. The van der Waals surface area contributed by atoms with E-state index >= 15 is 0 Å². The van der Waals surface area contributed by atoms with Gasteiger partial charge in [0.15, 0.2) is 0 Å². The number of hydrazone groups is 1. The number of halogens is 1. The molecule has 6 rings (SSSR count). The van der Waals surface area contributed by atoms with Crippen LogP contribution in [0.3, 0.4) is 0 Å². The summed E-state index contributed by atoms with van der Waals surface area (Å²) < 4.78 is 5.57. The molecule has 1 aromatic carbocycles. The lowest BCUT2D eigenvalue weighted by molar-refractivity contribution is -0.140. The first-order valence-corrected chi connectivity index (χ1v) is 9.50. The van der Waals surface area contributed by atoms with E-state index in [0.29, 0.717) is 34.8 Å². The van der Waals surface area contributed by atoms with Crippen LogP contribution in [0.2, 0.25) is 5.02 Å². The third-order valence-corrected chi connectivity index (χ3v) is 6.46. The van der Waals surface area contributed by atoms with Gasteiger partial charge in [0.1, 0.15) is 5.75 Å². The molecule has 5 aliphatic rings. The molecule has 5 nitrogen and oxygen atoms in total. The van der Waals surface area contributed by atoms with Gasteiger partial charge in [0.05, 0.1) is 24.7 Å². The molecule has 4 aliphatic carbocycles. The molecule has 0 aromatic heterocycles. The van der Waals surface area contributed by atoms with Gasteiger partial charge in [0.25, 0.3) is 11.8 Å². The van der Waals surface area contributed by atoms with E-state index in [4.69, 9.17) is 16.3 Å². The fourth-order valence-electron chi connectivity index (χ4n) is 5.08. The van der Waals surface area contributed by atoms with Crippen LogP contribution in [0.15, 0.2) is 35.5 Å². The van der Waals surface area contributed by atoms with Crippen molar-refractivity contribution in [2.45, 2.75) is 13.3 Å². The first-order chi connectivity index (χ1) is 12.6. The van der Waals surface area contributed by atoms with Crippen LogP contribution < -0.4 is 4.74 Å². The Morgan fingerprint density at radius 2 is 1.85 bits per heavy atom. The average Bonchev–Trinajstić information content (AvgIpc) is 3.41. The largest absolute Gasteiger partial charge is 0.493 e. The summed E-state index contributed by atoms with van der Waals surface area (Å²) in [4.78, 5) is 25.8. The van der Waals surface area contributed by atoms with Crippen molar-refractivity contribution in [2.24, 2.45) is 40.6 Å². The van der Waals surface area contributed by atoms with Gasteiger partial charge in [-0.1, -0.05) is 23.8 Å². The molecule has 2 bridgehead atoms. The second-order valence-corrected chi connectivity index (χ2v) is 7.94. The van der Waals surface area contributed by atoms with Crippen LogP contribution in [-0.4, -0.2) is 29.6 Å². The van der Waals surface area contributed by atoms with E-state index in [1.807, 2.05) is 6.92 Å². The molecule has 1 aliphatic heterocycles. The summed E-state index contributed by atoms with van der Waals surface area (Å²) in [5.41, 5.74) is 0.652. The molecule has 1 saturated heterocycles. The summed E-state index contributed by atoms with van der Waals surface area (Å²) in [5, 5.41) is 5.86. The molecule has 3 fully saturated rings. The molecule has 0 N–H and O–H groups in total. The van der Waals surface area contributed by atoms with Gasteiger partial charge in [0.2, 0.25) is 0 Å². The Hall–Kier alpha value is -2.14. The van der Waals surface area contributed by atoms with Gasteiger partial charge in [-0.15, -0.1) is 0 Å². The summed E-state index contributed by atoms with van der Waals surface area (Å²) in [7, 11) is 0. The summed E-state index contributed by atoms with van der Waals surface area (Å²) in [5.74, 6) is 1.41.